The molecule has 0 aliphatic rings. The molecule has 1 aromatic heterocycles. The molecule has 0 bridgehead atoms. The minimum atomic E-state index is -0.0733. The van der Waals surface area contributed by atoms with Crippen LogP contribution in [-0.4, -0.2) is 15.7 Å². The number of carbonyl (C=O) groups is 1. The number of aryl methyl sites for hydroxylation is 2. The summed E-state index contributed by atoms with van der Waals surface area (Å²) in [6, 6.07) is 13.8. The molecule has 4 heteroatoms. The Morgan fingerprint density at radius 2 is 2.00 bits per heavy atom. The first-order valence-electron chi connectivity index (χ1n) is 6.91. The third kappa shape index (κ3) is 2.79. The number of aromatic nitrogens is 2. The topological polar surface area (TPSA) is 46.9 Å². The predicted molar refractivity (Wildman–Crippen MR) is 84.3 cm³/mol. The molecule has 3 aromatic rings. The van der Waals surface area contributed by atoms with Crippen LogP contribution < -0.4 is 5.32 Å². The molecule has 3 rings (SSSR count). The lowest BCUT2D eigenvalue weighted by molar-refractivity contribution is -0.116. The average Bonchev–Trinajstić information content (AvgIpc) is 2.85. The van der Waals surface area contributed by atoms with Crippen molar-refractivity contribution in [3.63, 3.8) is 0 Å². The van der Waals surface area contributed by atoms with Crippen LogP contribution in [0.3, 0.4) is 0 Å². The first-order valence-corrected chi connectivity index (χ1v) is 6.91. The third-order valence-corrected chi connectivity index (χ3v) is 3.50. The molecule has 0 unspecified atom stereocenters. The van der Waals surface area contributed by atoms with Gasteiger partial charge in [0, 0.05) is 11.1 Å². The highest BCUT2D eigenvalue weighted by atomic mass is 16.2. The van der Waals surface area contributed by atoms with E-state index in [9.17, 15) is 4.79 Å². The maximum Gasteiger partial charge on any atom is 0.246 e. The number of hydrogen-bond acceptors (Lipinski definition) is 2. The average molecular weight is 279 g/mol. The van der Waals surface area contributed by atoms with E-state index in [0.717, 1.165) is 22.2 Å². The van der Waals surface area contributed by atoms with Gasteiger partial charge in [-0.05, 0) is 31.5 Å². The van der Waals surface area contributed by atoms with Gasteiger partial charge in [-0.25, -0.2) is 0 Å². The largest absolute Gasteiger partial charge is 0.324 e. The first-order chi connectivity index (χ1) is 10.1. The summed E-state index contributed by atoms with van der Waals surface area (Å²) < 4.78 is 1.72. The number of rotatable bonds is 3. The fourth-order valence-electron chi connectivity index (χ4n) is 2.43. The summed E-state index contributed by atoms with van der Waals surface area (Å²) in [5, 5.41) is 8.25. The monoisotopic (exact) mass is 279 g/mol. The van der Waals surface area contributed by atoms with Crippen LogP contribution in [0.1, 0.15) is 11.1 Å². The molecule has 106 valence electrons. The number of nitrogens with zero attached hydrogens (tertiary/aromatic N) is 2. The number of anilines is 1. The fraction of sp³-hybridized carbons (Fsp3) is 0.176. The van der Waals surface area contributed by atoms with Crippen LogP contribution >= 0.6 is 0 Å². The second-order valence-corrected chi connectivity index (χ2v) is 5.23. The van der Waals surface area contributed by atoms with E-state index in [4.69, 9.17) is 0 Å². The van der Waals surface area contributed by atoms with E-state index in [1.165, 1.54) is 5.56 Å². The van der Waals surface area contributed by atoms with Gasteiger partial charge < -0.3 is 5.32 Å². The second kappa shape index (κ2) is 5.40. The Morgan fingerprint density at radius 1 is 1.19 bits per heavy atom. The van der Waals surface area contributed by atoms with Crippen LogP contribution in [0.25, 0.3) is 10.9 Å². The SMILES string of the molecule is Cc1ccc(NC(=O)Cn2ncc3ccccc32)c(C)c1. The van der Waals surface area contributed by atoms with Crippen LogP contribution in [0.5, 0.6) is 0 Å². The van der Waals surface area contributed by atoms with Gasteiger partial charge in [0.15, 0.2) is 0 Å². The Kier molecular flexibility index (Phi) is 3.44. The van der Waals surface area contributed by atoms with Crippen molar-refractivity contribution in [1.29, 1.82) is 0 Å². The summed E-state index contributed by atoms with van der Waals surface area (Å²) in [7, 11) is 0. The van der Waals surface area contributed by atoms with Crippen molar-refractivity contribution in [1.82, 2.24) is 9.78 Å². The second-order valence-electron chi connectivity index (χ2n) is 5.23. The molecule has 4 nitrogen and oxygen atoms in total. The molecule has 0 radical (unpaired) electrons. The van der Waals surface area contributed by atoms with E-state index in [-0.39, 0.29) is 12.5 Å². The fourth-order valence-corrected chi connectivity index (χ4v) is 2.43. The van der Waals surface area contributed by atoms with Crippen LogP contribution in [0.15, 0.2) is 48.7 Å². The molecule has 0 aliphatic carbocycles. The molecule has 0 saturated carbocycles. The molecule has 1 amide bonds. The number of carbonyl (C=O) groups excluding carboxylic acids is 1. The molecule has 0 spiro atoms. The van der Waals surface area contributed by atoms with Crippen molar-refractivity contribution in [2.75, 3.05) is 5.32 Å². The van der Waals surface area contributed by atoms with Gasteiger partial charge in [-0.1, -0.05) is 35.9 Å². The Labute approximate surface area is 123 Å². The van der Waals surface area contributed by atoms with Gasteiger partial charge >= 0.3 is 0 Å². The number of amides is 1. The van der Waals surface area contributed by atoms with Gasteiger partial charge in [0.05, 0.1) is 11.7 Å². The van der Waals surface area contributed by atoms with Gasteiger partial charge in [0.1, 0.15) is 6.54 Å². The van der Waals surface area contributed by atoms with Crippen LogP contribution in [0.4, 0.5) is 5.69 Å². The Bertz CT molecular complexity index is 805. The van der Waals surface area contributed by atoms with Gasteiger partial charge in [-0.2, -0.15) is 5.10 Å². The molecule has 1 N–H and O–H groups in total. The molecular weight excluding hydrogens is 262 g/mol. The zero-order chi connectivity index (χ0) is 14.8. The normalized spacial score (nSPS) is 10.8. The summed E-state index contributed by atoms with van der Waals surface area (Å²) in [6.07, 6.45) is 1.78. The lowest BCUT2D eigenvalue weighted by Gasteiger charge is -2.09. The van der Waals surface area contributed by atoms with Gasteiger partial charge in [-0.3, -0.25) is 9.48 Å². The summed E-state index contributed by atoms with van der Waals surface area (Å²) in [4.78, 5) is 12.2. The lowest BCUT2D eigenvalue weighted by atomic mass is 10.1. The highest BCUT2D eigenvalue weighted by Gasteiger charge is 2.08. The highest BCUT2D eigenvalue weighted by molar-refractivity contribution is 5.92. The van der Waals surface area contributed by atoms with Crippen molar-refractivity contribution in [2.45, 2.75) is 20.4 Å². The molecule has 2 aromatic carbocycles. The zero-order valence-corrected chi connectivity index (χ0v) is 12.1. The highest BCUT2D eigenvalue weighted by Crippen LogP contribution is 2.17. The van der Waals surface area contributed by atoms with E-state index >= 15 is 0 Å². The summed E-state index contributed by atoms with van der Waals surface area (Å²) in [6.45, 7) is 4.24. The predicted octanol–water partition coefficient (Wildman–Crippen LogP) is 3.29. The van der Waals surface area contributed by atoms with E-state index in [1.54, 1.807) is 10.9 Å². The van der Waals surface area contributed by atoms with Crippen LogP contribution in [0, 0.1) is 13.8 Å². The summed E-state index contributed by atoms with van der Waals surface area (Å²) >= 11 is 0. The minimum Gasteiger partial charge on any atom is -0.324 e. The van der Waals surface area contributed by atoms with Gasteiger partial charge in [0.2, 0.25) is 5.91 Å². The molecule has 1 heterocycles. The standard InChI is InChI=1S/C17H17N3O/c1-12-7-8-15(13(2)9-12)19-17(21)11-20-16-6-4-3-5-14(16)10-18-20/h3-10H,11H2,1-2H3,(H,19,21). The van der Waals surface area contributed by atoms with Crippen molar-refractivity contribution in [3.8, 4) is 0 Å². The number of benzene rings is 2. The van der Waals surface area contributed by atoms with Crippen LogP contribution in [0.2, 0.25) is 0 Å². The molecule has 21 heavy (non-hydrogen) atoms. The van der Waals surface area contributed by atoms with E-state index < -0.39 is 0 Å². The zero-order valence-electron chi connectivity index (χ0n) is 12.1. The van der Waals surface area contributed by atoms with Crippen molar-refractivity contribution in [3.05, 3.63) is 59.8 Å². The number of para-hydroxylation sites is 1. The van der Waals surface area contributed by atoms with Crippen molar-refractivity contribution in [2.24, 2.45) is 0 Å². The van der Waals surface area contributed by atoms with Gasteiger partial charge in [0.25, 0.3) is 0 Å². The van der Waals surface area contributed by atoms with E-state index in [2.05, 4.69) is 16.5 Å². The van der Waals surface area contributed by atoms with Crippen LogP contribution in [-0.2, 0) is 11.3 Å². The molecule has 0 fully saturated rings. The number of nitrogens with one attached hydrogen (secondary N) is 1. The number of hydrogen-bond donors (Lipinski definition) is 1. The smallest absolute Gasteiger partial charge is 0.246 e. The minimum absolute atomic E-state index is 0.0733. The quantitative estimate of drug-likeness (QED) is 0.799. The maximum atomic E-state index is 12.2. The Balaban J connectivity index is 1.77. The third-order valence-electron chi connectivity index (χ3n) is 3.50. The maximum absolute atomic E-state index is 12.2. The van der Waals surface area contributed by atoms with Gasteiger partial charge in [-0.15, -0.1) is 0 Å². The Morgan fingerprint density at radius 3 is 2.81 bits per heavy atom. The molecule has 0 aliphatic heterocycles. The summed E-state index contributed by atoms with van der Waals surface area (Å²) in [5.41, 5.74) is 4.06. The first kappa shape index (κ1) is 13.4. The molecule has 0 saturated heterocycles. The lowest BCUT2D eigenvalue weighted by Crippen LogP contribution is -2.19. The molecular formula is C17H17N3O. The van der Waals surface area contributed by atoms with Crippen molar-refractivity contribution >= 4 is 22.5 Å². The number of fused-ring (bicyclic) bond motifs is 1. The molecule has 0 atom stereocenters. The van der Waals surface area contributed by atoms with E-state index in [0.29, 0.717) is 0 Å². The van der Waals surface area contributed by atoms with E-state index in [1.807, 2.05) is 50.2 Å². The summed E-state index contributed by atoms with van der Waals surface area (Å²) in [5.74, 6) is -0.0733. The Hall–Kier alpha value is -2.62. The van der Waals surface area contributed by atoms with Crippen molar-refractivity contribution < 1.29 is 4.79 Å².